The normalized spacial score (nSPS) is 15.7. The topological polar surface area (TPSA) is 63.0 Å². The van der Waals surface area contributed by atoms with Crippen LogP contribution in [0, 0.1) is 0 Å². The number of carbonyl (C=O) groups excluding carboxylic acids is 1. The lowest BCUT2D eigenvalue weighted by Gasteiger charge is -2.44. The summed E-state index contributed by atoms with van der Waals surface area (Å²) >= 11 is 0. The molecule has 3 heterocycles. The predicted octanol–water partition coefficient (Wildman–Crippen LogP) is 1.78. The number of aromatic nitrogens is 3. The molecule has 0 N–H and O–H groups in total. The molecule has 0 radical (unpaired) electrons. The summed E-state index contributed by atoms with van der Waals surface area (Å²) in [7, 11) is 1.78. The van der Waals surface area contributed by atoms with Crippen molar-refractivity contribution in [3.63, 3.8) is 0 Å². The molecular weight excluding hydrogens is 282 g/mol. The summed E-state index contributed by atoms with van der Waals surface area (Å²) in [5.41, 5.74) is 0.356. The zero-order valence-electron chi connectivity index (χ0n) is 13.4. The molecule has 118 valence electrons. The lowest BCUT2D eigenvalue weighted by atomic mass is 10.1. The molecule has 1 saturated heterocycles. The van der Waals surface area contributed by atoms with Crippen molar-refractivity contribution in [2.24, 2.45) is 0 Å². The Labute approximate surface area is 129 Å². The highest BCUT2D eigenvalue weighted by Gasteiger charge is 2.35. The number of rotatable bonds is 2. The molecule has 22 heavy (non-hydrogen) atoms. The van der Waals surface area contributed by atoms with E-state index in [1.54, 1.807) is 22.7 Å². The van der Waals surface area contributed by atoms with Gasteiger partial charge in [0.25, 0.3) is 0 Å². The summed E-state index contributed by atoms with van der Waals surface area (Å²) in [6.07, 6.45) is 3.26. The van der Waals surface area contributed by atoms with Gasteiger partial charge in [-0.3, -0.25) is 0 Å². The van der Waals surface area contributed by atoms with E-state index in [4.69, 9.17) is 4.74 Å². The predicted molar refractivity (Wildman–Crippen MR) is 83.0 cm³/mol. The van der Waals surface area contributed by atoms with Crippen molar-refractivity contribution >= 4 is 17.6 Å². The first-order valence-electron chi connectivity index (χ1n) is 7.35. The van der Waals surface area contributed by atoms with Crippen LogP contribution in [-0.4, -0.2) is 57.4 Å². The van der Waals surface area contributed by atoms with Gasteiger partial charge >= 0.3 is 6.09 Å². The van der Waals surface area contributed by atoms with Crippen molar-refractivity contribution < 1.29 is 9.53 Å². The fourth-order valence-electron chi connectivity index (χ4n) is 2.34. The van der Waals surface area contributed by atoms with Crippen LogP contribution in [0.15, 0.2) is 24.5 Å². The van der Waals surface area contributed by atoms with Gasteiger partial charge in [-0.1, -0.05) is 0 Å². The standard InChI is InChI=1S/C15H21N5O2/c1-15(2,3)22-14(21)18(4)11-9-19(10-11)13-6-5-12-16-7-8-20(12)17-13/h5-8,11H,9-10H2,1-4H3. The average molecular weight is 303 g/mol. The summed E-state index contributed by atoms with van der Waals surface area (Å²) in [5, 5.41) is 4.50. The Balaban J connectivity index is 1.60. The van der Waals surface area contributed by atoms with Crippen LogP contribution in [0.25, 0.3) is 5.65 Å². The summed E-state index contributed by atoms with van der Waals surface area (Å²) in [6.45, 7) is 7.12. The van der Waals surface area contributed by atoms with E-state index in [0.717, 1.165) is 24.6 Å². The summed E-state index contributed by atoms with van der Waals surface area (Å²) in [6, 6.07) is 4.04. The van der Waals surface area contributed by atoms with Crippen LogP contribution in [0.5, 0.6) is 0 Å². The minimum absolute atomic E-state index is 0.148. The molecule has 0 saturated carbocycles. The van der Waals surface area contributed by atoms with Crippen LogP contribution in [0.3, 0.4) is 0 Å². The fourth-order valence-corrected chi connectivity index (χ4v) is 2.34. The Hall–Kier alpha value is -2.31. The number of likely N-dealkylation sites (N-methyl/N-ethyl adjacent to an activating group) is 1. The second-order valence-corrected chi connectivity index (χ2v) is 6.57. The molecule has 0 atom stereocenters. The van der Waals surface area contributed by atoms with Crippen molar-refractivity contribution in [3.05, 3.63) is 24.5 Å². The number of anilines is 1. The number of hydrogen-bond donors (Lipinski definition) is 0. The zero-order valence-corrected chi connectivity index (χ0v) is 13.4. The van der Waals surface area contributed by atoms with Gasteiger partial charge < -0.3 is 14.5 Å². The number of fused-ring (bicyclic) bond motifs is 1. The molecule has 7 nitrogen and oxygen atoms in total. The number of nitrogens with zero attached hydrogens (tertiary/aromatic N) is 5. The summed E-state index contributed by atoms with van der Waals surface area (Å²) in [5.74, 6) is 0.888. The largest absolute Gasteiger partial charge is 0.444 e. The molecule has 0 aliphatic carbocycles. The van der Waals surface area contributed by atoms with Gasteiger partial charge in [-0.25, -0.2) is 14.3 Å². The first kappa shape index (κ1) is 14.6. The smallest absolute Gasteiger partial charge is 0.410 e. The molecule has 7 heteroatoms. The van der Waals surface area contributed by atoms with E-state index in [2.05, 4.69) is 15.0 Å². The molecule has 2 aromatic rings. The number of ether oxygens (including phenoxy) is 1. The van der Waals surface area contributed by atoms with Gasteiger partial charge in [0, 0.05) is 32.5 Å². The van der Waals surface area contributed by atoms with Crippen molar-refractivity contribution in [2.75, 3.05) is 25.0 Å². The average Bonchev–Trinajstić information content (AvgIpc) is 2.82. The Bertz CT molecular complexity index is 685. The second kappa shape index (κ2) is 5.15. The fraction of sp³-hybridized carbons (Fsp3) is 0.533. The van der Waals surface area contributed by atoms with Crippen LogP contribution in [-0.2, 0) is 4.74 Å². The lowest BCUT2D eigenvalue weighted by molar-refractivity contribution is 0.0196. The monoisotopic (exact) mass is 303 g/mol. The highest BCUT2D eigenvalue weighted by molar-refractivity contribution is 5.69. The Morgan fingerprint density at radius 3 is 2.77 bits per heavy atom. The number of imidazole rings is 1. The van der Waals surface area contributed by atoms with Crippen molar-refractivity contribution in [1.29, 1.82) is 0 Å². The third-order valence-electron chi connectivity index (χ3n) is 3.66. The summed E-state index contributed by atoms with van der Waals surface area (Å²) in [4.78, 5) is 20.0. The van der Waals surface area contributed by atoms with E-state index < -0.39 is 5.60 Å². The third kappa shape index (κ3) is 2.84. The highest BCUT2D eigenvalue weighted by Crippen LogP contribution is 2.22. The minimum Gasteiger partial charge on any atom is -0.444 e. The van der Waals surface area contributed by atoms with Gasteiger partial charge in [0.15, 0.2) is 5.65 Å². The van der Waals surface area contributed by atoms with Gasteiger partial charge in [-0.05, 0) is 32.9 Å². The van der Waals surface area contributed by atoms with E-state index in [0.29, 0.717) is 0 Å². The SMILES string of the molecule is CN(C(=O)OC(C)(C)C)C1CN(c2ccc3nccn3n2)C1. The maximum absolute atomic E-state index is 12.0. The Morgan fingerprint density at radius 2 is 2.09 bits per heavy atom. The van der Waals surface area contributed by atoms with Crippen LogP contribution in [0.2, 0.25) is 0 Å². The molecule has 0 spiro atoms. The molecule has 1 fully saturated rings. The van der Waals surface area contributed by atoms with Crippen molar-refractivity contribution in [2.45, 2.75) is 32.4 Å². The first-order valence-corrected chi connectivity index (χ1v) is 7.35. The molecular formula is C15H21N5O2. The third-order valence-corrected chi connectivity index (χ3v) is 3.66. The van der Waals surface area contributed by atoms with Crippen molar-refractivity contribution in [3.8, 4) is 0 Å². The number of carbonyl (C=O) groups is 1. The molecule has 1 aliphatic rings. The zero-order chi connectivity index (χ0) is 15.9. The maximum Gasteiger partial charge on any atom is 0.410 e. The first-order chi connectivity index (χ1) is 10.3. The van der Waals surface area contributed by atoms with Crippen LogP contribution in [0.4, 0.5) is 10.6 Å². The van der Waals surface area contributed by atoms with Crippen molar-refractivity contribution in [1.82, 2.24) is 19.5 Å². The molecule has 0 bridgehead atoms. The van der Waals surface area contributed by atoms with E-state index in [1.165, 1.54) is 0 Å². The van der Waals surface area contributed by atoms with Gasteiger partial charge in [0.05, 0.1) is 6.04 Å². The van der Waals surface area contributed by atoms with Gasteiger partial charge in [0.2, 0.25) is 0 Å². The quantitative estimate of drug-likeness (QED) is 0.846. The molecule has 1 amide bonds. The highest BCUT2D eigenvalue weighted by atomic mass is 16.6. The number of hydrogen-bond acceptors (Lipinski definition) is 5. The summed E-state index contributed by atoms with van der Waals surface area (Å²) < 4.78 is 7.14. The van der Waals surface area contributed by atoms with Gasteiger partial charge in [-0.2, -0.15) is 0 Å². The molecule has 2 aromatic heterocycles. The molecule has 0 unspecified atom stereocenters. The van der Waals surface area contributed by atoms with E-state index >= 15 is 0 Å². The van der Waals surface area contributed by atoms with E-state index in [9.17, 15) is 4.79 Å². The van der Waals surface area contributed by atoms with E-state index in [1.807, 2.05) is 39.1 Å². The van der Waals surface area contributed by atoms with Gasteiger partial charge in [-0.15, -0.1) is 5.10 Å². The van der Waals surface area contributed by atoms with Crippen LogP contribution >= 0.6 is 0 Å². The lowest BCUT2D eigenvalue weighted by Crippen LogP contribution is -2.60. The van der Waals surface area contributed by atoms with Crippen LogP contribution in [0.1, 0.15) is 20.8 Å². The molecule has 3 rings (SSSR count). The van der Waals surface area contributed by atoms with Gasteiger partial charge in [0.1, 0.15) is 11.4 Å². The Morgan fingerprint density at radius 1 is 1.36 bits per heavy atom. The molecule has 1 aliphatic heterocycles. The van der Waals surface area contributed by atoms with E-state index in [-0.39, 0.29) is 12.1 Å². The maximum atomic E-state index is 12.0. The Kier molecular flexibility index (Phi) is 3.42. The second-order valence-electron chi connectivity index (χ2n) is 6.57. The van der Waals surface area contributed by atoms with Crippen LogP contribution < -0.4 is 4.90 Å². The molecule has 0 aromatic carbocycles. The minimum atomic E-state index is -0.469. The number of amides is 1.